The van der Waals surface area contributed by atoms with Crippen LogP contribution in [0, 0.1) is 0 Å². The lowest BCUT2D eigenvalue weighted by molar-refractivity contribution is 0.0704. The van der Waals surface area contributed by atoms with Crippen LogP contribution in [-0.4, -0.2) is 41.2 Å². The lowest BCUT2D eigenvalue weighted by Gasteiger charge is -2.22. The molecule has 2 rings (SSSR count). The van der Waals surface area contributed by atoms with E-state index in [1.165, 1.54) is 7.11 Å². The highest BCUT2D eigenvalue weighted by atomic mass is 16.5. The van der Waals surface area contributed by atoms with Crippen molar-refractivity contribution in [2.45, 2.75) is 6.54 Å². The van der Waals surface area contributed by atoms with Crippen LogP contribution >= 0.6 is 0 Å². The predicted molar refractivity (Wildman–Crippen MR) is 79.1 cm³/mol. The molecule has 110 valence electrons. The highest BCUT2D eigenvalue weighted by molar-refractivity contribution is 5.96. The van der Waals surface area contributed by atoms with E-state index in [0.717, 1.165) is 5.56 Å². The maximum atomic E-state index is 12.6. The number of hydrogen-bond donors (Lipinski definition) is 1. The zero-order valence-electron chi connectivity index (χ0n) is 11.9. The molecule has 0 fully saturated rings. The van der Waals surface area contributed by atoms with E-state index >= 15 is 0 Å². The summed E-state index contributed by atoms with van der Waals surface area (Å²) in [5.41, 5.74) is 1.39. The van der Waals surface area contributed by atoms with Crippen molar-refractivity contribution in [2.24, 2.45) is 0 Å². The van der Waals surface area contributed by atoms with Crippen molar-refractivity contribution in [3.63, 3.8) is 0 Å². The van der Waals surface area contributed by atoms with Crippen LogP contribution < -0.4 is 4.74 Å². The van der Waals surface area contributed by atoms with Gasteiger partial charge in [0.15, 0.2) is 0 Å². The Bertz CT molecular complexity index is 587. The monoisotopic (exact) mass is 286 g/mol. The average molecular weight is 286 g/mol. The molecule has 0 aliphatic heterocycles. The van der Waals surface area contributed by atoms with Crippen molar-refractivity contribution in [1.29, 1.82) is 0 Å². The topological polar surface area (TPSA) is 62.7 Å². The number of aliphatic hydroxyl groups excluding tert-OH is 1. The van der Waals surface area contributed by atoms with E-state index in [9.17, 15) is 9.90 Å². The molecule has 5 heteroatoms. The van der Waals surface area contributed by atoms with E-state index in [2.05, 4.69) is 4.98 Å². The predicted octanol–water partition coefficient (Wildman–Crippen LogP) is 1.72. The van der Waals surface area contributed by atoms with Gasteiger partial charge in [-0.15, -0.1) is 0 Å². The summed E-state index contributed by atoms with van der Waals surface area (Å²) >= 11 is 0. The molecule has 1 amide bonds. The Hall–Kier alpha value is -2.40. The minimum absolute atomic E-state index is 0.0961. The first-order valence-electron chi connectivity index (χ1n) is 6.68. The van der Waals surface area contributed by atoms with Crippen LogP contribution in [0.3, 0.4) is 0 Å². The Morgan fingerprint density at radius 1 is 1.29 bits per heavy atom. The van der Waals surface area contributed by atoms with E-state index in [0.29, 0.717) is 17.9 Å². The highest BCUT2D eigenvalue weighted by Gasteiger charge is 2.19. The number of ether oxygens (including phenoxy) is 1. The molecular formula is C16H18N2O3. The van der Waals surface area contributed by atoms with Gasteiger partial charge in [-0.05, 0) is 23.8 Å². The first-order chi connectivity index (χ1) is 10.3. The quantitative estimate of drug-likeness (QED) is 0.878. The molecule has 5 nitrogen and oxygen atoms in total. The second kappa shape index (κ2) is 7.40. The van der Waals surface area contributed by atoms with Crippen LogP contribution in [0.15, 0.2) is 48.8 Å². The summed E-state index contributed by atoms with van der Waals surface area (Å²) in [6.45, 7) is 0.554. The third kappa shape index (κ3) is 3.79. The number of carbonyl (C=O) groups excluding carboxylic acids is 1. The van der Waals surface area contributed by atoms with E-state index in [1.54, 1.807) is 35.5 Å². The largest absolute Gasteiger partial charge is 0.496 e. The van der Waals surface area contributed by atoms with Gasteiger partial charge in [-0.25, -0.2) is 0 Å². The van der Waals surface area contributed by atoms with Gasteiger partial charge >= 0.3 is 0 Å². The average Bonchev–Trinajstić information content (AvgIpc) is 2.54. The molecule has 0 spiro atoms. The molecule has 0 radical (unpaired) electrons. The first kappa shape index (κ1) is 15.0. The van der Waals surface area contributed by atoms with Crippen molar-refractivity contribution in [2.75, 3.05) is 20.3 Å². The van der Waals surface area contributed by atoms with Gasteiger partial charge in [0.1, 0.15) is 5.75 Å². The fraction of sp³-hybridized carbons (Fsp3) is 0.250. The Morgan fingerprint density at radius 2 is 2.10 bits per heavy atom. The molecule has 0 saturated heterocycles. The number of aliphatic hydroxyl groups is 1. The van der Waals surface area contributed by atoms with Gasteiger partial charge in [0.25, 0.3) is 5.91 Å². The Labute approximate surface area is 123 Å². The van der Waals surface area contributed by atoms with Gasteiger partial charge < -0.3 is 14.7 Å². The summed E-state index contributed by atoms with van der Waals surface area (Å²) in [4.78, 5) is 18.3. The summed E-state index contributed by atoms with van der Waals surface area (Å²) in [5.74, 6) is 0.349. The maximum Gasteiger partial charge on any atom is 0.257 e. The first-order valence-corrected chi connectivity index (χ1v) is 6.68. The SMILES string of the molecule is COc1ccccc1C(=O)N(CCO)Cc1cccnc1. The number of rotatable bonds is 6. The molecule has 0 atom stereocenters. The molecule has 21 heavy (non-hydrogen) atoms. The molecule has 0 aliphatic rings. The smallest absolute Gasteiger partial charge is 0.257 e. The number of hydrogen-bond acceptors (Lipinski definition) is 4. The van der Waals surface area contributed by atoms with Crippen molar-refractivity contribution >= 4 is 5.91 Å². The summed E-state index contributed by atoms with van der Waals surface area (Å²) < 4.78 is 5.22. The Balaban J connectivity index is 2.23. The van der Waals surface area contributed by atoms with Gasteiger partial charge in [-0.3, -0.25) is 9.78 Å². The van der Waals surface area contributed by atoms with Crippen LogP contribution in [0.4, 0.5) is 0 Å². The Kier molecular flexibility index (Phi) is 5.29. The molecule has 2 aromatic rings. The fourth-order valence-electron chi connectivity index (χ4n) is 2.08. The van der Waals surface area contributed by atoms with Crippen molar-refractivity contribution in [1.82, 2.24) is 9.88 Å². The zero-order valence-corrected chi connectivity index (χ0v) is 11.9. The standard InChI is InChI=1S/C16H18N2O3/c1-21-15-7-3-2-6-14(15)16(20)18(9-10-19)12-13-5-4-8-17-11-13/h2-8,11,19H,9-10,12H2,1H3. The lowest BCUT2D eigenvalue weighted by atomic mass is 10.1. The third-order valence-electron chi connectivity index (χ3n) is 3.09. The van der Waals surface area contributed by atoms with E-state index in [1.807, 2.05) is 18.2 Å². The van der Waals surface area contributed by atoms with Crippen LogP contribution in [0.1, 0.15) is 15.9 Å². The number of nitrogens with zero attached hydrogens (tertiary/aromatic N) is 2. The van der Waals surface area contributed by atoms with Gasteiger partial charge in [-0.2, -0.15) is 0 Å². The molecular weight excluding hydrogens is 268 g/mol. The number of aromatic nitrogens is 1. The van der Waals surface area contributed by atoms with E-state index < -0.39 is 0 Å². The van der Waals surface area contributed by atoms with Crippen LogP contribution in [0.2, 0.25) is 0 Å². The number of para-hydroxylation sites is 1. The fourth-order valence-corrected chi connectivity index (χ4v) is 2.08. The van der Waals surface area contributed by atoms with Gasteiger partial charge in [0.2, 0.25) is 0 Å². The van der Waals surface area contributed by atoms with E-state index in [-0.39, 0.29) is 19.1 Å². The third-order valence-corrected chi connectivity index (χ3v) is 3.09. The van der Waals surface area contributed by atoms with Gasteiger partial charge in [-0.1, -0.05) is 18.2 Å². The zero-order chi connectivity index (χ0) is 15.1. The van der Waals surface area contributed by atoms with Crippen LogP contribution in [0.25, 0.3) is 0 Å². The summed E-state index contributed by atoms with van der Waals surface area (Å²) in [7, 11) is 1.53. The molecule has 0 aliphatic carbocycles. The summed E-state index contributed by atoms with van der Waals surface area (Å²) in [5, 5.41) is 9.20. The highest BCUT2D eigenvalue weighted by Crippen LogP contribution is 2.20. The minimum atomic E-state index is -0.176. The summed E-state index contributed by atoms with van der Waals surface area (Å²) in [6.07, 6.45) is 3.39. The molecule has 0 bridgehead atoms. The van der Waals surface area contributed by atoms with Crippen LogP contribution in [-0.2, 0) is 6.54 Å². The Morgan fingerprint density at radius 3 is 2.76 bits per heavy atom. The van der Waals surface area contributed by atoms with Crippen molar-refractivity contribution in [3.05, 3.63) is 59.9 Å². The number of pyridine rings is 1. The van der Waals surface area contributed by atoms with Crippen molar-refractivity contribution in [3.8, 4) is 5.75 Å². The number of amides is 1. The molecule has 0 unspecified atom stereocenters. The molecule has 1 heterocycles. The lowest BCUT2D eigenvalue weighted by Crippen LogP contribution is -2.33. The van der Waals surface area contributed by atoms with Crippen LogP contribution in [0.5, 0.6) is 5.75 Å². The molecule has 1 aromatic heterocycles. The second-order valence-corrected chi connectivity index (χ2v) is 4.51. The molecule has 1 aromatic carbocycles. The number of benzene rings is 1. The second-order valence-electron chi connectivity index (χ2n) is 4.51. The van der Waals surface area contributed by atoms with Crippen molar-refractivity contribution < 1.29 is 14.6 Å². The number of carbonyl (C=O) groups is 1. The number of methoxy groups -OCH3 is 1. The maximum absolute atomic E-state index is 12.6. The van der Waals surface area contributed by atoms with E-state index in [4.69, 9.17) is 4.74 Å². The minimum Gasteiger partial charge on any atom is -0.496 e. The normalized spacial score (nSPS) is 10.2. The molecule has 0 saturated carbocycles. The van der Waals surface area contributed by atoms with Gasteiger partial charge in [0, 0.05) is 25.5 Å². The van der Waals surface area contributed by atoms with Gasteiger partial charge in [0.05, 0.1) is 19.3 Å². The molecule has 1 N–H and O–H groups in total. The summed E-state index contributed by atoms with van der Waals surface area (Å²) in [6, 6.07) is 10.8.